The summed E-state index contributed by atoms with van der Waals surface area (Å²) in [5.74, 6) is 1.24. The first-order chi connectivity index (χ1) is 15.2. The van der Waals surface area contributed by atoms with Crippen molar-refractivity contribution in [1.29, 1.82) is 0 Å². The van der Waals surface area contributed by atoms with E-state index in [9.17, 15) is 4.79 Å². The van der Waals surface area contributed by atoms with Crippen LogP contribution >= 0.6 is 11.3 Å². The monoisotopic (exact) mass is 435 g/mol. The van der Waals surface area contributed by atoms with E-state index >= 15 is 0 Å². The van der Waals surface area contributed by atoms with Gasteiger partial charge in [0.25, 0.3) is 0 Å². The number of aromatic nitrogens is 1. The van der Waals surface area contributed by atoms with Gasteiger partial charge in [0.2, 0.25) is 0 Å². The van der Waals surface area contributed by atoms with Crippen molar-refractivity contribution in [3.63, 3.8) is 0 Å². The van der Waals surface area contributed by atoms with E-state index in [1.807, 2.05) is 24.4 Å². The molecule has 2 aliphatic rings. The fraction of sp³-hybridized carbons (Fsp3) is 0.360. The van der Waals surface area contributed by atoms with Crippen molar-refractivity contribution in [1.82, 2.24) is 4.98 Å². The SMILES string of the molecule is CC(=O)OC[C@H]1C=CC[C@@H](c2ccc(C3CC3)c(Cc3ncc(-c4ccco4)s3)c2)O1. The molecule has 0 saturated heterocycles. The maximum Gasteiger partial charge on any atom is 0.302 e. The number of rotatable bonds is 7. The number of ether oxygens (including phenoxy) is 2. The van der Waals surface area contributed by atoms with Gasteiger partial charge >= 0.3 is 5.97 Å². The Morgan fingerprint density at radius 1 is 1.29 bits per heavy atom. The molecule has 5 nitrogen and oxygen atoms in total. The second-order valence-corrected chi connectivity index (χ2v) is 9.25. The second kappa shape index (κ2) is 8.81. The molecule has 1 aliphatic heterocycles. The lowest BCUT2D eigenvalue weighted by Gasteiger charge is -2.26. The zero-order chi connectivity index (χ0) is 21.2. The van der Waals surface area contributed by atoms with Crippen molar-refractivity contribution < 1.29 is 18.7 Å². The van der Waals surface area contributed by atoms with E-state index in [1.54, 1.807) is 17.6 Å². The molecule has 0 N–H and O–H groups in total. The predicted octanol–water partition coefficient (Wildman–Crippen LogP) is 5.82. The summed E-state index contributed by atoms with van der Waals surface area (Å²) in [5, 5.41) is 1.09. The second-order valence-electron chi connectivity index (χ2n) is 8.13. The number of esters is 1. The van der Waals surface area contributed by atoms with E-state index in [0.717, 1.165) is 28.5 Å². The van der Waals surface area contributed by atoms with Crippen LogP contribution in [0.15, 0.2) is 59.4 Å². The Hall–Kier alpha value is -2.70. The van der Waals surface area contributed by atoms with Gasteiger partial charge in [-0.25, -0.2) is 4.98 Å². The standard InChI is InChI=1S/C25H25NO4S/c1-16(27)29-15-20-4-2-5-22(30-20)18-9-10-21(17-7-8-17)19(12-18)13-25-26-14-24(31-25)23-6-3-11-28-23/h2-4,6,9-12,14,17,20,22H,5,7-8,13,15H2,1H3/t20-,22+/m1/s1. The van der Waals surface area contributed by atoms with Gasteiger partial charge in [0, 0.05) is 19.5 Å². The van der Waals surface area contributed by atoms with Crippen LogP contribution in [0.2, 0.25) is 0 Å². The summed E-state index contributed by atoms with van der Waals surface area (Å²) in [6.45, 7) is 1.67. The smallest absolute Gasteiger partial charge is 0.302 e. The molecule has 0 spiro atoms. The zero-order valence-corrected chi connectivity index (χ0v) is 18.3. The molecule has 2 aromatic heterocycles. The van der Waals surface area contributed by atoms with Gasteiger partial charge in [0.05, 0.1) is 22.3 Å². The topological polar surface area (TPSA) is 61.6 Å². The normalized spacial score (nSPS) is 20.7. The molecule has 6 heteroatoms. The van der Waals surface area contributed by atoms with Crippen molar-refractivity contribution >= 4 is 17.3 Å². The van der Waals surface area contributed by atoms with Gasteiger partial charge in [0.1, 0.15) is 18.5 Å². The quantitative estimate of drug-likeness (QED) is 0.346. The minimum atomic E-state index is -0.285. The minimum absolute atomic E-state index is 0.0347. The largest absolute Gasteiger partial charge is 0.463 e. The van der Waals surface area contributed by atoms with Crippen LogP contribution in [0, 0.1) is 0 Å². The summed E-state index contributed by atoms with van der Waals surface area (Å²) in [7, 11) is 0. The molecular weight excluding hydrogens is 410 g/mol. The fourth-order valence-corrected chi connectivity index (χ4v) is 4.94. The molecule has 5 rings (SSSR count). The molecule has 1 fully saturated rings. The average Bonchev–Trinajstić information content (AvgIpc) is 3.26. The molecule has 1 aliphatic carbocycles. The Balaban J connectivity index is 1.36. The van der Waals surface area contributed by atoms with E-state index in [1.165, 1.54) is 36.5 Å². The number of benzene rings is 1. The van der Waals surface area contributed by atoms with Crippen molar-refractivity contribution in [2.24, 2.45) is 0 Å². The predicted molar refractivity (Wildman–Crippen MR) is 119 cm³/mol. The van der Waals surface area contributed by atoms with Gasteiger partial charge in [-0.3, -0.25) is 4.79 Å². The molecule has 3 aromatic rings. The maximum atomic E-state index is 11.1. The number of furan rings is 1. The first kappa shape index (κ1) is 20.2. The number of thiazole rings is 1. The molecular formula is C25H25NO4S. The van der Waals surface area contributed by atoms with Crippen molar-refractivity contribution in [2.75, 3.05) is 6.61 Å². The highest BCUT2D eigenvalue weighted by Crippen LogP contribution is 2.43. The van der Waals surface area contributed by atoms with Crippen LogP contribution < -0.4 is 0 Å². The van der Waals surface area contributed by atoms with Crippen LogP contribution in [0.1, 0.15) is 59.9 Å². The summed E-state index contributed by atoms with van der Waals surface area (Å²) in [6, 6.07) is 10.6. The molecule has 0 bridgehead atoms. The Labute approximate surface area is 185 Å². The zero-order valence-electron chi connectivity index (χ0n) is 17.5. The third-order valence-electron chi connectivity index (χ3n) is 5.71. The van der Waals surface area contributed by atoms with Gasteiger partial charge in [-0.15, -0.1) is 11.3 Å². The van der Waals surface area contributed by atoms with E-state index in [-0.39, 0.29) is 24.8 Å². The third kappa shape index (κ3) is 4.81. The number of hydrogen-bond acceptors (Lipinski definition) is 6. The van der Waals surface area contributed by atoms with Crippen LogP contribution in [0.4, 0.5) is 0 Å². The first-order valence-electron chi connectivity index (χ1n) is 10.7. The van der Waals surface area contributed by atoms with Crippen LogP contribution in [0.25, 0.3) is 10.6 Å². The van der Waals surface area contributed by atoms with Gasteiger partial charge in [-0.05, 0) is 54.0 Å². The summed E-state index contributed by atoms with van der Waals surface area (Å²) in [6.07, 6.45) is 11.6. The molecule has 2 atom stereocenters. The summed E-state index contributed by atoms with van der Waals surface area (Å²) in [4.78, 5) is 16.8. The molecule has 31 heavy (non-hydrogen) atoms. The molecule has 1 saturated carbocycles. The summed E-state index contributed by atoms with van der Waals surface area (Å²) >= 11 is 1.68. The van der Waals surface area contributed by atoms with E-state index in [4.69, 9.17) is 13.9 Å². The van der Waals surface area contributed by atoms with E-state index in [0.29, 0.717) is 5.92 Å². The third-order valence-corrected chi connectivity index (χ3v) is 6.72. The highest BCUT2D eigenvalue weighted by Gasteiger charge is 2.28. The number of nitrogens with zero attached hydrogens (tertiary/aromatic N) is 1. The highest BCUT2D eigenvalue weighted by molar-refractivity contribution is 7.15. The summed E-state index contributed by atoms with van der Waals surface area (Å²) in [5.41, 5.74) is 3.93. The van der Waals surface area contributed by atoms with Crippen molar-refractivity contribution in [2.45, 2.75) is 50.7 Å². The first-order valence-corrected chi connectivity index (χ1v) is 11.5. The van der Waals surface area contributed by atoms with Gasteiger partial charge in [-0.2, -0.15) is 0 Å². The Kier molecular flexibility index (Phi) is 5.74. The van der Waals surface area contributed by atoms with Gasteiger partial charge in [-0.1, -0.05) is 30.4 Å². The molecule has 0 unspecified atom stereocenters. The number of carbonyl (C=O) groups excluding carboxylic acids is 1. The van der Waals surface area contributed by atoms with Crippen LogP contribution in [0.5, 0.6) is 0 Å². The molecule has 0 radical (unpaired) electrons. The molecule has 160 valence electrons. The lowest BCUT2D eigenvalue weighted by Crippen LogP contribution is -2.24. The molecule has 3 heterocycles. The van der Waals surface area contributed by atoms with Gasteiger partial charge < -0.3 is 13.9 Å². The van der Waals surface area contributed by atoms with E-state index in [2.05, 4.69) is 29.3 Å². The number of hydrogen-bond donors (Lipinski definition) is 0. The Morgan fingerprint density at radius 3 is 2.97 bits per heavy atom. The van der Waals surface area contributed by atoms with Crippen LogP contribution in [0.3, 0.4) is 0 Å². The Morgan fingerprint density at radius 2 is 2.19 bits per heavy atom. The van der Waals surface area contributed by atoms with Gasteiger partial charge in [0.15, 0.2) is 0 Å². The highest BCUT2D eigenvalue weighted by atomic mass is 32.1. The lowest BCUT2D eigenvalue weighted by atomic mass is 9.94. The summed E-state index contributed by atoms with van der Waals surface area (Å²) < 4.78 is 16.9. The average molecular weight is 436 g/mol. The molecule has 0 amide bonds. The van der Waals surface area contributed by atoms with Crippen LogP contribution in [-0.2, 0) is 20.7 Å². The number of carbonyl (C=O) groups is 1. The van der Waals surface area contributed by atoms with E-state index < -0.39 is 0 Å². The van der Waals surface area contributed by atoms with Crippen LogP contribution in [-0.4, -0.2) is 23.7 Å². The fourth-order valence-electron chi connectivity index (χ4n) is 4.03. The van der Waals surface area contributed by atoms with Crippen molar-refractivity contribution in [3.05, 3.63) is 76.6 Å². The Bertz CT molecular complexity index is 1080. The van der Waals surface area contributed by atoms with Crippen molar-refractivity contribution in [3.8, 4) is 10.6 Å². The minimum Gasteiger partial charge on any atom is -0.463 e. The molecule has 1 aromatic carbocycles. The lowest BCUT2D eigenvalue weighted by molar-refractivity contribution is -0.145. The maximum absolute atomic E-state index is 11.1.